The number of nitro groups is 2. The first kappa shape index (κ1) is 49.2. The number of rotatable bonds is 33. The summed E-state index contributed by atoms with van der Waals surface area (Å²) in [6.07, 6.45) is 15.2. The second-order valence-electron chi connectivity index (χ2n) is 14.8. The predicted molar refractivity (Wildman–Crippen MR) is 218 cm³/mol. The van der Waals surface area contributed by atoms with Crippen molar-refractivity contribution in [2.75, 3.05) is 27.2 Å². The fourth-order valence-corrected chi connectivity index (χ4v) is 6.32. The molecule has 0 fully saturated rings. The molecule has 0 bridgehead atoms. The summed E-state index contributed by atoms with van der Waals surface area (Å²) < 4.78 is 21.5. The van der Waals surface area contributed by atoms with Crippen molar-refractivity contribution >= 4 is 35.3 Å². The van der Waals surface area contributed by atoms with Crippen LogP contribution in [0.3, 0.4) is 0 Å². The van der Waals surface area contributed by atoms with Crippen LogP contribution >= 0.6 is 0 Å². The van der Waals surface area contributed by atoms with Gasteiger partial charge in [-0.2, -0.15) is 0 Å². The van der Waals surface area contributed by atoms with Crippen LogP contribution in [0.5, 0.6) is 0 Å². The minimum atomic E-state index is -0.534. The van der Waals surface area contributed by atoms with E-state index in [1.165, 1.54) is 12.1 Å². The van der Waals surface area contributed by atoms with Crippen LogP contribution < -0.4 is 0 Å². The van der Waals surface area contributed by atoms with E-state index in [0.717, 1.165) is 89.9 Å². The van der Waals surface area contributed by atoms with Crippen LogP contribution in [0, 0.1) is 20.2 Å². The van der Waals surface area contributed by atoms with Crippen molar-refractivity contribution in [1.82, 2.24) is 4.90 Å². The number of nitro benzene ring substituents is 2. The van der Waals surface area contributed by atoms with E-state index in [2.05, 4.69) is 0 Å². The lowest BCUT2D eigenvalue weighted by atomic mass is 10.1. The first-order valence-electron chi connectivity index (χ1n) is 20.7. The van der Waals surface area contributed by atoms with Crippen molar-refractivity contribution in [2.24, 2.45) is 0 Å². The van der Waals surface area contributed by atoms with Gasteiger partial charge in [0.15, 0.2) is 0 Å². The molecule has 2 aromatic rings. The molecule has 0 N–H and O–H groups in total. The molecular weight excluding hydrogens is 750 g/mol. The number of hydrogen-bond donors (Lipinski definition) is 0. The molecule has 0 aliphatic heterocycles. The second-order valence-corrected chi connectivity index (χ2v) is 14.8. The van der Waals surface area contributed by atoms with Gasteiger partial charge in [0.05, 0.1) is 21.0 Å². The van der Waals surface area contributed by atoms with E-state index < -0.39 is 16.0 Å². The number of unbranched alkanes of at least 4 members (excludes halogenated alkanes) is 14. The Morgan fingerprint density at radius 1 is 0.517 bits per heavy atom. The lowest BCUT2D eigenvalue weighted by Gasteiger charge is -2.21. The Morgan fingerprint density at radius 2 is 0.845 bits per heavy atom. The van der Waals surface area contributed by atoms with Gasteiger partial charge >= 0.3 is 23.9 Å². The van der Waals surface area contributed by atoms with Gasteiger partial charge in [0, 0.05) is 44.4 Å². The van der Waals surface area contributed by atoms with E-state index in [9.17, 15) is 39.4 Å². The molecule has 1 atom stereocenters. The summed E-state index contributed by atoms with van der Waals surface area (Å²) >= 11 is 0. The van der Waals surface area contributed by atoms with Crippen molar-refractivity contribution in [3.63, 3.8) is 0 Å². The maximum atomic E-state index is 12.5. The van der Waals surface area contributed by atoms with Gasteiger partial charge in [0.2, 0.25) is 0 Å². The highest BCUT2D eigenvalue weighted by Gasteiger charge is 2.19. The number of para-hydroxylation sites is 2. The Balaban J connectivity index is 1.43. The molecule has 0 spiro atoms. The molecule has 0 saturated carbocycles. The third-order valence-electron chi connectivity index (χ3n) is 9.47. The molecule has 15 heteroatoms. The predicted octanol–water partition coefficient (Wildman–Crippen LogP) is 9.11. The number of carbonyl (C=O) groups excluding carboxylic acids is 4. The van der Waals surface area contributed by atoms with Crippen molar-refractivity contribution in [3.8, 4) is 0 Å². The first-order valence-corrected chi connectivity index (χ1v) is 20.7. The summed E-state index contributed by atoms with van der Waals surface area (Å²) in [7, 11) is 3.74. The van der Waals surface area contributed by atoms with Crippen molar-refractivity contribution < 1.29 is 48.0 Å². The van der Waals surface area contributed by atoms with Crippen LogP contribution in [-0.4, -0.2) is 72.0 Å². The van der Waals surface area contributed by atoms with Gasteiger partial charge < -0.3 is 23.8 Å². The number of hydrogen-bond acceptors (Lipinski definition) is 13. The molecule has 15 nitrogen and oxygen atoms in total. The van der Waals surface area contributed by atoms with Crippen LogP contribution in [0.1, 0.15) is 140 Å². The Labute approximate surface area is 342 Å². The maximum Gasteiger partial charge on any atom is 0.306 e. The molecule has 0 saturated heterocycles. The van der Waals surface area contributed by atoms with Crippen LogP contribution in [0.2, 0.25) is 0 Å². The molecule has 2 rings (SSSR count). The molecule has 322 valence electrons. The third kappa shape index (κ3) is 23.3. The molecule has 58 heavy (non-hydrogen) atoms. The zero-order valence-electron chi connectivity index (χ0n) is 34.4. The average Bonchev–Trinajstić information content (AvgIpc) is 3.19. The molecule has 0 heterocycles. The number of benzene rings is 2. The molecule has 0 amide bonds. The maximum absolute atomic E-state index is 12.5. The van der Waals surface area contributed by atoms with Gasteiger partial charge in [0.25, 0.3) is 11.4 Å². The van der Waals surface area contributed by atoms with Crippen LogP contribution in [0.4, 0.5) is 11.4 Å². The number of nitrogens with zero attached hydrogens (tertiary/aromatic N) is 3. The van der Waals surface area contributed by atoms with Gasteiger partial charge in [-0.15, -0.1) is 0 Å². The summed E-state index contributed by atoms with van der Waals surface area (Å²) in [6.45, 7) is 0.257. The van der Waals surface area contributed by atoms with E-state index in [4.69, 9.17) is 18.9 Å². The highest BCUT2D eigenvalue weighted by molar-refractivity contribution is 5.71. The molecular formula is C43H63N3O12. The number of likely N-dealkylation sites (N-methyl/N-ethyl adjacent to an activating group) is 1. The van der Waals surface area contributed by atoms with Crippen molar-refractivity contribution in [2.45, 2.75) is 148 Å². The molecule has 1 unspecified atom stereocenters. The van der Waals surface area contributed by atoms with Crippen LogP contribution in [-0.2, 0) is 51.3 Å². The third-order valence-corrected chi connectivity index (χ3v) is 9.47. The Bertz CT molecular complexity index is 1550. The van der Waals surface area contributed by atoms with Gasteiger partial charge in [-0.1, -0.05) is 101 Å². The zero-order chi connectivity index (χ0) is 42.4. The van der Waals surface area contributed by atoms with Gasteiger partial charge in [-0.25, -0.2) is 0 Å². The van der Waals surface area contributed by atoms with E-state index in [1.54, 1.807) is 36.4 Å². The number of ether oxygens (including phenoxy) is 4. The average molecular weight is 814 g/mol. The Hall–Kier alpha value is -4.92. The Kier molecular flexibility index (Phi) is 25.6. The summed E-state index contributed by atoms with van der Waals surface area (Å²) in [5.41, 5.74) is 0.636. The van der Waals surface area contributed by atoms with Gasteiger partial charge in [0.1, 0.15) is 25.9 Å². The SMILES string of the molecule is CN(C)CC(COC(=O)CCCCCCCCCCC(=O)OCc1ccccc1[N+](=O)[O-])OC(=O)CCCCCCCCCCC(=O)OCc1ccccc1[N+](=O)[O-]. The summed E-state index contributed by atoms with van der Waals surface area (Å²) in [5.74, 6) is -1.32. The minimum Gasteiger partial charge on any atom is -0.462 e. The highest BCUT2D eigenvalue weighted by atomic mass is 16.6. The number of carbonyl (C=O) groups is 4. The monoisotopic (exact) mass is 813 g/mol. The Morgan fingerprint density at radius 3 is 1.21 bits per heavy atom. The lowest BCUT2D eigenvalue weighted by Crippen LogP contribution is -2.34. The van der Waals surface area contributed by atoms with E-state index in [0.29, 0.717) is 43.4 Å². The fourth-order valence-electron chi connectivity index (χ4n) is 6.32. The van der Waals surface area contributed by atoms with Crippen molar-refractivity contribution in [3.05, 3.63) is 79.9 Å². The van der Waals surface area contributed by atoms with E-state index >= 15 is 0 Å². The quantitative estimate of drug-likeness (QED) is 0.0218. The molecule has 0 aliphatic carbocycles. The van der Waals surface area contributed by atoms with Crippen molar-refractivity contribution in [1.29, 1.82) is 0 Å². The molecule has 2 aromatic carbocycles. The second kappa shape index (κ2) is 30.2. The van der Waals surface area contributed by atoms with E-state index in [-0.39, 0.29) is 67.9 Å². The smallest absolute Gasteiger partial charge is 0.306 e. The van der Waals surface area contributed by atoms with Gasteiger partial charge in [-0.3, -0.25) is 39.4 Å². The first-order chi connectivity index (χ1) is 28.0. The van der Waals surface area contributed by atoms with E-state index in [1.807, 2.05) is 19.0 Å². The molecule has 0 aliphatic rings. The summed E-state index contributed by atoms with van der Waals surface area (Å²) in [4.78, 5) is 72.0. The van der Waals surface area contributed by atoms with Crippen LogP contribution in [0.15, 0.2) is 48.5 Å². The molecule has 0 radical (unpaired) electrons. The minimum absolute atomic E-state index is 0.0236. The molecule has 0 aromatic heterocycles. The van der Waals surface area contributed by atoms with Crippen LogP contribution in [0.25, 0.3) is 0 Å². The highest BCUT2D eigenvalue weighted by Crippen LogP contribution is 2.21. The lowest BCUT2D eigenvalue weighted by molar-refractivity contribution is -0.386. The summed E-state index contributed by atoms with van der Waals surface area (Å²) in [5, 5.41) is 22.2. The normalized spacial score (nSPS) is 11.5. The number of esters is 4. The largest absolute Gasteiger partial charge is 0.462 e. The standard InChI is InChI=1S/C43H63N3O12/c1-44(2)31-37(58-43(50)30-18-14-10-6-5-8-12-16-28-41(48)56-33-36-24-20-22-26-39(36)46(53)54)34-57-42(49)29-17-13-9-4-3-7-11-15-27-40(47)55-32-35-23-19-21-25-38(35)45(51)52/h19-26,37H,3-18,27-34H2,1-2H3. The van der Waals surface area contributed by atoms with Gasteiger partial charge in [-0.05, 0) is 51.9 Å². The summed E-state index contributed by atoms with van der Waals surface area (Å²) in [6, 6.07) is 12.4. The topological polar surface area (TPSA) is 195 Å². The fraction of sp³-hybridized carbons (Fsp3) is 0.628. The zero-order valence-corrected chi connectivity index (χ0v) is 34.4.